The Morgan fingerprint density at radius 2 is 2.15 bits per heavy atom. The maximum absolute atomic E-state index is 9.89. The molecule has 68 valence electrons. The molecule has 1 aromatic carbocycles. The molecule has 0 saturated carbocycles. The van der Waals surface area contributed by atoms with Gasteiger partial charge in [0.15, 0.2) is 0 Å². The minimum Gasteiger partial charge on any atom is -0.388 e. The summed E-state index contributed by atoms with van der Waals surface area (Å²) in [5, 5.41) is 9.89. The van der Waals surface area contributed by atoms with Crippen LogP contribution < -0.4 is 0 Å². The van der Waals surface area contributed by atoms with Crippen molar-refractivity contribution in [3.05, 3.63) is 34.4 Å². The summed E-state index contributed by atoms with van der Waals surface area (Å²) in [6, 6.07) is 4.40. The first kappa shape index (κ1) is 7.57. The Morgan fingerprint density at radius 1 is 1.31 bits per heavy atom. The lowest BCUT2D eigenvalue weighted by atomic mass is 9.99. The third-order valence-corrected chi connectivity index (χ3v) is 3.61. The quantitative estimate of drug-likeness (QED) is 0.640. The fourth-order valence-corrected chi connectivity index (χ4v) is 3.03. The van der Waals surface area contributed by atoms with Gasteiger partial charge in [-0.25, -0.2) is 0 Å². The molecule has 0 radical (unpaired) electrons. The maximum Gasteiger partial charge on any atom is 0.0801 e. The summed E-state index contributed by atoms with van der Waals surface area (Å²) in [5.74, 6) is 0.667. The second-order valence-corrected chi connectivity index (χ2v) is 4.36. The van der Waals surface area contributed by atoms with E-state index in [-0.39, 0.29) is 6.10 Å². The molecule has 13 heavy (non-hydrogen) atoms. The predicted molar refractivity (Wildman–Crippen MR) is 51.8 cm³/mol. The standard InChI is InChI=1S/C12H14O/c1-7-2-3-8-4-5-9-6-10(13)11(7)12(8)9/h2-3,9-10,13H,4-6H2,1H3. The van der Waals surface area contributed by atoms with E-state index in [1.54, 1.807) is 0 Å². The van der Waals surface area contributed by atoms with Crippen molar-refractivity contribution >= 4 is 0 Å². The second kappa shape index (κ2) is 2.36. The lowest BCUT2D eigenvalue weighted by molar-refractivity contribution is 0.171. The lowest BCUT2D eigenvalue weighted by Crippen LogP contribution is -1.96. The van der Waals surface area contributed by atoms with Crippen LogP contribution in [0.1, 0.15) is 47.1 Å². The van der Waals surface area contributed by atoms with Crippen molar-refractivity contribution in [3.8, 4) is 0 Å². The highest BCUT2D eigenvalue weighted by Crippen LogP contribution is 2.49. The molecule has 1 nitrogen and oxygen atoms in total. The summed E-state index contributed by atoms with van der Waals surface area (Å²) in [4.78, 5) is 0. The highest BCUT2D eigenvalue weighted by atomic mass is 16.3. The molecule has 1 aromatic rings. The third kappa shape index (κ3) is 0.856. The van der Waals surface area contributed by atoms with Gasteiger partial charge in [-0.1, -0.05) is 12.1 Å². The fourth-order valence-electron chi connectivity index (χ4n) is 3.03. The van der Waals surface area contributed by atoms with Crippen molar-refractivity contribution in [1.29, 1.82) is 0 Å². The number of hydrogen-bond acceptors (Lipinski definition) is 1. The van der Waals surface area contributed by atoms with Crippen LogP contribution in [0.4, 0.5) is 0 Å². The largest absolute Gasteiger partial charge is 0.388 e. The molecule has 0 bridgehead atoms. The zero-order chi connectivity index (χ0) is 9.00. The van der Waals surface area contributed by atoms with Gasteiger partial charge in [0.1, 0.15) is 0 Å². The van der Waals surface area contributed by atoms with E-state index in [0.717, 1.165) is 6.42 Å². The van der Waals surface area contributed by atoms with E-state index in [2.05, 4.69) is 19.1 Å². The molecule has 1 heteroatoms. The molecule has 3 rings (SSSR count). The summed E-state index contributed by atoms with van der Waals surface area (Å²) in [6.45, 7) is 2.11. The number of benzene rings is 1. The predicted octanol–water partition coefficient (Wildman–Crippen LogP) is 2.46. The third-order valence-electron chi connectivity index (χ3n) is 3.61. The molecule has 1 N–H and O–H groups in total. The summed E-state index contributed by atoms with van der Waals surface area (Å²) >= 11 is 0. The van der Waals surface area contributed by atoms with Gasteiger partial charge in [0.05, 0.1) is 6.10 Å². The van der Waals surface area contributed by atoms with Crippen molar-refractivity contribution in [2.24, 2.45) is 0 Å². The first-order valence-electron chi connectivity index (χ1n) is 5.07. The molecule has 0 aliphatic heterocycles. The summed E-state index contributed by atoms with van der Waals surface area (Å²) in [7, 11) is 0. The van der Waals surface area contributed by atoms with E-state index in [4.69, 9.17) is 0 Å². The van der Waals surface area contributed by atoms with Crippen LogP contribution in [0.3, 0.4) is 0 Å². The van der Waals surface area contributed by atoms with Crippen molar-refractivity contribution in [2.45, 2.75) is 38.2 Å². The first-order valence-corrected chi connectivity index (χ1v) is 5.07. The second-order valence-electron chi connectivity index (χ2n) is 4.36. The van der Waals surface area contributed by atoms with Crippen LogP contribution in [0.2, 0.25) is 0 Å². The monoisotopic (exact) mass is 174 g/mol. The van der Waals surface area contributed by atoms with Gasteiger partial charge in [-0.3, -0.25) is 0 Å². The molecule has 0 saturated heterocycles. The SMILES string of the molecule is Cc1ccc2c3c1C(O)CC3CC2. The van der Waals surface area contributed by atoms with Crippen molar-refractivity contribution in [2.75, 3.05) is 0 Å². The number of aryl methyl sites for hydroxylation is 2. The highest BCUT2D eigenvalue weighted by Gasteiger charge is 2.36. The van der Waals surface area contributed by atoms with Gasteiger partial charge < -0.3 is 5.11 Å². The Kier molecular flexibility index (Phi) is 1.37. The summed E-state index contributed by atoms with van der Waals surface area (Å²) < 4.78 is 0. The van der Waals surface area contributed by atoms with Crippen molar-refractivity contribution < 1.29 is 5.11 Å². The number of rotatable bonds is 0. The normalized spacial score (nSPS) is 29.4. The lowest BCUT2D eigenvalue weighted by Gasteiger charge is -2.09. The molecule has 2 aliphatic rings. The summed E-state index contributed by atoms with van der Waals surface area (Å²) in [6.07, 6.45) is 3.26. The molecule has 2 aliphatic carbocycles. The maximum atomic E-state index is 9.89. The molecule has 0 spiro atoms. The zero-order valence-electron chi connectivity index (χ0n) is 7.88. The van der Waals surface area contributed by atoms with Gasteiger partial charge in [0, 0.05) is 0 Å². The summed E-state index contributed by atoms with van der Waals surface area (Å²) in [5.41, 5.74) is 5.50. The Labute approximate surface area is 78.4 Å². The van der Waals surface area contributed by atoms with Gasteiger partial charge in [-0.15, -0.1) is 0 Å². The van der Waals surface area contributed by atoms with Gasteiger partial charge in [-0.2, -0.15) is 0 Å². The minimum atomic E-state index is -0.180. The smallest absolute Gasteiger partial charge is 0.0801 e. The fraction of sp³-hybridized carbons (Fsp3) is 0.500. The Hall–Kier alpha value is -0.820. The van der Waals surface area contributed by atoms with E-state index in [1.807, 2.05) is 0 Å². The van der Waals surface area contributed by atoms with E-state index in [9.17, 15) is 5.11 Å². The molecule has 0 amide bonds. The van der Waals surface area contributed by atoms with Gasteiger partial charge in [-0.05, 0) is 54.4 Å². The van der Waals surface area contributed by atoms with Crippen LogP contribution in [-0.2, 0) is 6.42 Å². The molecule has 0 heterocycles. The van der Waals surface area contributed by atoms with Crippen LogP contribution in [0.15, 0.2) is 12.1 Å². The van der Waals surface area contributed by atoms with E-state index in [1.165, 1.54) is 35.1 Å². The highest BCUT2D eigenvalue weighted by molar-refractivity contribution is 5.50. The van der Waals surface area contributed by atoms with E-state index >= 15 is 0 Å². The van der Waals surface area contributed by atoms with Crippen LogP contribution in [0, 0.1) is 6.92 Å². The van der Waals surface area contributed by atoms with Crippen LogP contribution in [0.25, 0.3) is 0 Å². The van der Waals surface area contributed by atoms with Crippen LogP contribution in [0.5, 0.6) is 0 Å². The van der Waals surface area contributed by atoms with Crippen molar-refractivity contribution in [1.82, 2.24) is 0 Å². The average Bonchev–Trinajstić information content (AvgIpc) is 2.61. The van der Waals surface area contributed by atoms with Gasteiger partial charge in [0.2, 0.25) is 0 Å². The van der Waals surface area contributed by atoms with Crippen molar-refractivity contribution in [3.63, 3.8) is 0 Å². The minimum absolute atomic E-state index is 0.180. The van der Waals surface area contributed by atoms with Gasteiger partial charge >= 0.3 is 0 Å². The molecule has 2 atom stereocenters. The molecular weight excluding hydrogens is 160 g/mol. The van der Waals surface area contributed by atoms with E-state index in [0.29, 0.717) is 5.92 Å². The molecule has 0 aromatic heterocycles. The Morgan fingerprint density at radius 3 is 3.00 bits per heavy atom. The molecule has 0 fully saturated rings. The molecular formula is C12H14O. The Balaban J connectivity index is 2.31. The topological polar surface area (TPSA) is 20.2 Å². The number of aliphatic hydroxyl groups is 1. The Bertz CT molecular complexity index is 368. The molecule has 2 unspecified atom stereocenters. The number of hydrogen-bond donors (Lipinski definition) is 1. The van der Waals surface area contributed by atoms with Gasteiger partial charge in [0.25, 0.3) is 0 Å². The van der Waals surface area contributed by atoms with Crippen LogP contribution >= 0.6 is 0 Å². The van der Waals surface area contributed by atoms with E-state index < -0.39 is 0 Å². The van der Waals surface area contributed by atoms with Crippen LogP contribution in [-0.4, -0.2) is 5.11 Å². The zero-order valence-corrected chi connectivity index (χ0v) is 7.88. The first-order chi connectivity index (χ1) is 6.27. The number of aliphatic hydroxyl groups excluding tert-OH is 1. The average molecular weight is 174 g/mol.